The molecule has 21 heavy (non-hydrogen) atoms. The van der Waals surface area contributed by atoms with Crippen molar-refractivity contribution in [2.75, 3.05) is 44.0 Å². The van der Waals surface area contributed by atoms with Crippen molar-refractivity contribution in [3.05, 3.63) is 17.7 Å². The van der Waals surface area contributed by atoms with E-state index >= 15 is 0 Å². The third-order valence-corrected chi connectivity index (χ3v) is 4.15. The Morgan fingerprint density at radius 3 is 2.52 bits per heavy atom. The number of benzene rings is 1. The summed E-state index contributed by atoms with van der Waals surface area (Å²) in [6, 6.07) is 5.71. The van der Waals surface area contributed by atoms with E-state index in [0.717, 1.165) is 31.6 Å². The highest BCUT2D eigenvalue weighted by Crippen LogP contribution is 2.37. The standard InChI is InChI=1S/C15H19N3O3/c1-19-14-9-13(11(10-16)8-12(14)17)18-4-2-15(3-5-18)20-6-7-21-15/h8-9H,2-7,17H2,1H3. The summed E-state index contributed by atoms with van der Waals surface area (Å²) in [4.78, 5) is 2.16. The SMILES string of the molecule is COc1cc(N2CCC3(CC2)OCCO3)c(C#N)cc1N. The minimum atomic E-state index is -0.415. The molecule has 2 aliphatic heterocycles. The van der Waals surface area contributed by atoms with Crippen LogP contribution in [0.2, 0.25) is 0 Å². The van der Waals surface area contributed by atoms with Gasteiger partial charge in [0, 0.05) is 32.0 Å². The number of methoxy groups -OCH3 is 1. The van der Waals surface area contributed by atoms with E-state index in [1.807, 2.05) is 6.07 Å². The number of anilines is 2. The van der Waals surface area contributed by atoms with Crippen molar-refractivity contribution in [1.29, 1.82) is 5.26 Å². The van der Waals surface area contributed by atoms with E-state index in [1.54, 1.807) is 13.2 Å². The van der Waals surface area contributed by atoms with Gasteiger partial charge in [-0.25, -0.2) is 0 Å². The van der Waals surface area contributed by atoms with Crippen LogP contribution >= 0.6 is 0 Å². The summed E-state index contributed by atoms with van der Waals surface area (Å²) in [5.74, 6) is 0.180. The van der Waals surface area contributed by atoms with Crippen LogP contribution in [0.15, 0.2) is 12.1 Å². The lowest BCUT2D eigenvalue weighted by molar-refractivity contribution is -0.169. The fraction of sp³-hybridized carbons (Fsp3) is 0.533. The zero-order valence-corrected chi connectivity index (χ0v) is 12.1. The number of ether oxygens (including phenoxy) is 3. The van der Waals surface area contributed by atoms with Crippen LogP contribution in [-0.4, -0.2) is 39.2 Å². The van der Waals surface area contributed by atoms with Gasteiger partial charge in [-0.1, -0.05) is 0 Å². The van der Waals surface area contributed by atoms with Crippen molar-refractivity contribution >= 4 is 11.4 Å². The topological polar surface area (TPSA) is 80.7 Å². The number of piperidine rings is 1. The van der Waals surface area contributed by atoms with E-state index in [-0.39, 0.29) is 0 Å². The van der Waals surface area contributed by atoms with E-state index in [1.165, 1.54) is 0 Å². The number of nitrogens with two attached hydrogens (primary N) is 1. The Morgan fingerprint density at radius 2 is 1.95 bits per heavy atom. The molecule has 1 spiro atoms. The molecular formula is C15H19N3O3. The molecule has 1 aromatic rings. The summed E-state index contributed by atoms with van der Waals surface area (Å²) in [6.45, 7) is 2.89. The molecule has 0 aromatic heterocycles. The maximum atomic E-state index is 9.32. The molecule has 0 saturated carbocycles. The number of nitrogen functional groups attached to an aromatic ring is 1. The van der Waals surface area contributed by atoms with E-state index in [2.05, 4.69) is 11.0 Å². The van der Waals surface area contributed by atoms with Gasteiger partial charge in [-0.2, -0.15) is 5.26 Å². The molecule has 0 amide bonds. The third kappa shape index (κ3) is 2.50. The van der Waals surface area contributed by atoms with Gasteiger partial charge >= 0.3 is 0 Å². The quantitative estimate of drug-likeness (QED) is 0.831. The fourth-order valence-electron chi connectivity index (χ4n) is 2.99. The van der Waals surface area contributed by atoms with Gasteiger partial charge < -0.3 is 24.8 Å². The fourth-order valence-corrected chi connectivity index (χ4v) is 2.99. The molecule has 112 valence electrons. The molecule has 6 heteroatoms. The van der Waals surface area contributed by atoms with E-state index in [9.17, 15) is 5.26 Å². The summed E-state index contributed by atoms with van der Waals surface area (Å²) in [7, 11) is 1.58. The van der Waals surface area contributed by atoms with E-state index in [4.69, 9.17) is 19.9 Å². The van der Waals surface area contributed by atoms with Gasteiger partial charge in [0.25, 0.3) is 0 Å². The number of rotatable bonds is 2. The summed E-state index contributed by atoms with van der Waals surface area (Å²) in [5.41, 5.74) is 7.77. The molecule has 0 unspecified atom stereocenters. The van der Waals surface area contributed by atoms with Crippen LogP contribution in [0, 0.1) is 11.3 Å². The van der Waals surface area contributed by atoms with Crippen molar-refractivity contribution in [3.63, 3.8) is 0 Å². The molecule has 1 aromatic carbocycles. The van der Waals surface area contributed by atoms with E-state index in [0.29, 0.717) is 30.2 Å². The molecule has 2 heterocycles. The molecule has 0 atom stereocenters. The highest BCUT2D eigenvalue weighted by Gasteiger charge is 2.40. The molecular weight excluding hydrogens is 270 g/mol. The molecule has 0 radical (unpaired) electrons. The molecule has 3 rings (SSSR count). The molecule has 0 bridgehead atoms. The smallest absolute Gasteiger partial charge is 0.171 e. The molecule has 2 aliphatic rings. The van der Waals surface area contributed by atoms with Gasteiger partial charge in [0.05, 0.1) is 37.3 Å². The van der Waals surface area contributed by atoms with Crippen LogP contribution in [0.1, 0.15) is 18.4 Å². The van der Waals surface area contributed by atoms with Crippen molar-refractivity contribution in [3.8, 4) is 11.8 Å². The summed E-state index contributed by atoms with van der Waals surface area (Å²) in [5, 5.41) is 9.32. The second-order valence-corrected chi connectivity index (χ2v) is 5.32. The van der Waals surface area contributed by atoms with Crippen LogP contribution in [0.3, 0.4) is 0 Å². The second kappa shape index (κ2) is 5.43. The van der Waals surface area contributed by atoms with Crippen molar-refractivity contribution in [2.45, 2.75) is 18.6 Å². The Kier molecular flexibility index (Phi) is 3.62. The Balaban J connectivity index is 1.83. The first-order valence-electron chi connectivity index (χ1n) is 7.08. The Labute approximate surface area is 124 Å². The van der Waals surface area contributed by atoms with Gasteiger partial charge in [-0.15, -0.1) is 0 Å². The average molecular weight is 289 g/mol. The minimum Gasteiger partial charge on any atom is -0.495 e. The lowest BCUT2D eigenvalue weighted by atomic mass is 10.0. The predicted molar refractivity (Wildman–Crippen MR) is 78.2 cm³/mol. The van der Waals surface area contributed by atoms with Crippen molar-refractivity contribution < 1.29 is 14.2 Å². The van der Waals surface area contributed by atoms with Crippen molar-refractivity contribution in [1.82, 2.24) is 0 Å². The average Bonchev–Trinajstić information content (AvgIpc) is 2.96. The monoisotopic (exact) mass is 289 g/mol. The molecule has 6 nitrogen and oxygen atoms in total. The lowest BCUT2D eigenvalue weighted by Crippen LogP contribution is -2.45. The second-order valence-electron chi connectivity index (χ2n) is 5.32. The van der Waals surface area contributed by atoms with Gasteiger partial charge in [0.1, 0.15) is 11.8 Å². The van der Waals surface area contributed by atoms with Gasteiger partial charge in [0.15, 0.2) is 5.79 Å². The first-order valence-corrected chi connectivity index (χ1v) is 7.08. The van der Waals surface area contributed by atoms with Crippen LogP contribution in [0.4, 0.5) is 11.4 Å². The number of hydrogen-bond donors (Lipinski definition) is 1. The zero-order chi connectivity index (χ0) is 14.9. The van der Waals surface area contributed by atoms with Crippen LogP contribution in [0.25, 0.3) is 0 Å². The van der Waals surface area contributed by atoms with Gasteiger partial charge in [-0.05, 0) is 6.07 Å². The highest BCUT2D eigenvalue weighted by molar-refractivity contribution is 5.70. The first kappa shape index (κ1) is 14.0. The van der Waals surface area contributed by atoms with Crippen molar-refractivity contribution in [2.24, 2.45) is 0 Å². The summed E-state index contributed by atoms with van der Waals surface area (Å²) >= 11 is 0. The molecule has 2 fully saturated rings. The van der Waals surface area contributed by atoms with E-state index < -0.39 is 5.79 Å². The number of nitrogens with zero attached hydrogens (tertiary/aromatic N) is 2. The molecule has 2 saturated heterocycles. The largest absolute Gasteiger partial charge is 0.495 e. The molecule has 0 aliphatic carbocycles. The Bertz CT molecular complexity index is 566. The van der Waals surface area contributed by atoms with Gasteiger partial charge in [0.2, 0.25) is 0 Å². The normalized spacial score (nSPS) is 20.5. The Hall–Kier alpha value is -1.97. The van der Waals surface area contributed by atoms with Crippen LogP contribution < -0.4 is 15.4 Å². The molecule has 2 N–H and O–H groups in total. The zero-order valence-electron chi connectivity index (χ0n) is 12.1. The van der Waals surface area contributed by atoms with Gasteiger partial charge in [-0.3, -0.25) is 0 Å². The summed E-state index contributed by atoms with van der Waals surface area (Å²) in [6.07, 6.45) is 1.59. The number of hydrogen-bond acceptors (Lipinski definition) is 6. The maximum absolute atomic E-state index is 9.32. The highest BCUT2D eigenvalue weighted by atomic mass is 16.7. The predicted octanol–water partition coefficient (Wildman–Crippen LogP) is 1.49. The number of nitriles is 1. The minimum absolute atomic E-state index is 0.415. The first-order chi connectivity index (χ1) is 10.2. The van der Waals surface area contributed by atoms with Crippen LogP contribution in [-0.2, 0) is 9.47 Å². The van der Waals surface area contributed by atoms with Crippen LogP contribution in [0.5, 0.6) is 5.75 Å². The Morgan fingerprint density at radius 1 is 1.29 bits per heavy atom. The maximum Gasteiger partial charge on any atom is 0.171 e. The summed E-state index contributed by atoms with van der Waals surface area (Å²) < 4.78 is 16.7. The third-order valence-electron chi connectivity index (χ3n) is 4.15. The lowest BCUT2D eigenvalue weighted by Gasteiger charge is -2.39.